The van der Waals surface area contributed by atoms with Crippen LogP contribution in [0.1, 0.15) is 41.7 Å². The van der Waals surface area contributed by atoms with Crippen LogP contribution in [0.5, 0.6) is 0 Å². The average Bonchev–Trinajstić information content (AvgIpc) is 3.40. The molecule has 1 amide bonds. The summed E-state index contributed by atoms with van der Waals surface area (Å²) in [6, 6.07) is 7.56. The van der Waals surface area contributed by atoms with E-state index in [-0.39, 0.29) is 16.7 Å². The largest absolute Gasteiger partial charge is 0.339 e. The molecule has 8 nitrogen and oxygen atoms in total. The predicted molar refractivity (Wildman–Crippen MR) is 128 cm³/mol. The molecule has 1 aromatic carbocycles. The molecule has 1 N–H and O–H groups in total. The Morgan fingerprint density at radius 2 is 1.82 bits per heavy atom. The molecule has 3 aromatic rings. The van der Waals surface area contributed by atoms with Crippen LogP contribution in [0.3, 0.4) is 0 Å². The van der Waals surface area contributed by atoms with Crippen LogP contribution < -0.4 is 5.32 Å². The third kappa shape index (κ3) is 5.02. The number of aryl methyl sites for hydroxylation is 4. The van der Waals surface area contributed by atoms with E-state index in [9.17, 15) is 13.2 Å². The van der Waals surface area contributed by atoms with Crippen LogP contribution in [0.2, 0.25) is 0 Å². The molecule has 3 heterocycles. The van der Waals surface area contributed by atoms with E-state index >= 15 is 0 Å². The van der Waals surface area contributed by atoms with Gasteiger partial charge in [-0.3, -0.25) is 4.79 Å². The van der Waals surface area contributed by atoms with Gasteiger partial charge >= 0.3 is 0 Å². The smallest absolute Gasteiger partial charge is 0.244 e. The topological polar surface area (TPSA) is 105 Å². The van der Waals surface area contributed by atoms with Crippen molar-refractivity contribution in [1.29, 1.82) is 0 Å². The summed E-state index contributed by atoms with van der Waals surface area (Å²) in [5, 5.41) is 6.94. The van der Waals surface area contributed by atoms with E-state index in [1.54, 1.807) is 13.0 Å². The second-order valence-electron chi connectivity index (χ2n) is 8.44. The Bertz CT molecular complexity index is 1250. The highest BCUT2D eigenvalue weighted by Gasteiger charge is 2.34. The van der Waals surface area contributed by atoms with Gasteiger partial charge in [-0.25, -0.2) is 8.42 Å². The fourth-order valence-electron chi connectivity index (χ4n) is 4.12. The number of thiophene rings is 1. The van der Waals surface area contributed by atoms with Gasteiger partial charge in [0.1, 0.15) is 0 Å². The summed E-state index contributed by atoms with van der Waals surface area (Å²) >= 11 is 1.34. The van der Waals surface area contributed by atoms with E-state index in [2.05, 4.69) is 21.5 Å². The summed E-state index contributed by atoms with van der Waals surface area (Å²) in [6.07, 6.45) is 1.59. The SMILES string of the molecule is CCc1nc(-c2cc(S(=O)(=O)N3CCC(C(=O)Nc4cc(C)cc(C)c4)CC3)c(C)s2)no1. The number of carbonyl (C=O) groups is 1. The van der Waals surface area contributed by atoms with Crippen LogP contribution >= 0.6 is 11.3 Å². The fourth-order valence-corrected chi connectivity index (χ4v) is 7.07. The number of anilines is 1. The first-order valence-electron chi connectivity index (χ1n) is 11.0. The first-order chi connectivity index (χ1) is 15.7. The highest BCUT2D eigenvalue weighted by atomic mass is 32.2. The lowest BCUT2D eigenvalue weighted by atomic mass is 9.97. The molecule has 0 atom stereocenters. The molecule has 0 radical (unpaired) electrons. The molecule has 1 fully saturated rings. The zero-order valence-corrected chi connectivity index (χ0v) is 20.8. The lowest BCUT2D eigenvalue weighted by molar-refractivity contribution is -0.120. The van der Waals surface area contributed by atoms with Crippen LogP contribution in [0.15, 0.2) is 33.7 Å². The number of aromatic nitrogens is 2. The van der Waals surface area contributed by atoms with Gasteiger partial charge in [0.2, 0.25) is 27.6 Å². The molecule has 176 valence electrons. The summed E-state index contributed by atoms with van der Waals surface area (Å²) in [6.45, 7) is 8.29. The number of amides is 1. The summed E-state index contributed by atoms with van der Waals surface area (Å²) in [5.41, 5.74) is 2.95. The molecule has 1 aliphatic heterocycles. The maximum absolute atomic E-state index is 13.3. The number of hydrogen-bond acceptors (Lipinski definition) is 7. The highest BCUT2D eigenvalue weighted by molar-refractivity contribution is 7.89. The van der Waals surface area contributed by atoms with E-state index in [0.29, 0.717) is 53.8 Å². The molecule has 10 heteroatoms. The molecule has 4 rings (SSSR count). The molecule has 0 bridgehead atoms. The highest BCUT2D eigenvalue weighted by Crippen LogP contribution is 2.35. The number of hydrogen-bond donors (Lipinski definition) is 1. The molecule has 1 saturated heterocycles. The van der Waals surface area contributed by atoms with Crippen molar-refractivity contribution in [2.45, 2.75) is 51.9 Å². The molecule has 1 aliphatic rings. The molecule has 2 aromatic heterocycles. The summed E-state index contributed by atoms with van der Waals surface area (Å²) in [5.74, 6) is 0.642. The van der Waals surface area contributed by atoms with E-state index < -0.39 is 10.0 Å². The Labute approximate surface area is 198 Å². The molecular formula is C23H28N4O4S2. The van der Waals surface area contributed by atoms with Gasteiger partial charge in [0, 0.05) is 36.0 Å². The molecular weight excluding hydrogens is 460 g/mol. The van der Waals surface area contributed by atoms with Gasteiger partial charge in [0.15, 0.2) is 0 Å². The number of sulfonamides is 1. The lowest BCUT2D eigenvalue weighted by Crippen LogP contribution is -2.41. The average molecular weight is 489 g/mol. The normalized spacial score (nSPS) is 15.6. The number of carbonyl (C=O) groups excluding carboxylic acids is 1. The van der Waals surface area contributed by atoms with Gasteiger partial charge in [-0.05, 0) is 62.9 Å². The van der Waals surface area contributed by atoms with E-state index in [0.717, 1.165) is 16.8 Å². The number of benzene rings is 1. The van der Waals surface area contributed by atoms with Crippen molar-refractivity contribution in [2.75, 3.05) is 18.4 Å². The van der Waals surface area contributed by atoms with Crippen molar-refractivity contribution >= 4 is 33.0 Å². The van der Waals surface area contributed by atoms with Crippen molar-refractivity contribution in [1.82, 2.24) is 14.4 Å². The Kier molecular flexibility index (Phi) is 6.69. The van der Waals surface area contributed by atoms with Crippen LogP contribution in [-0.2, 0) is 21.2 Å². The summed E-state index contributed by atoms with van der Waals surface area (Å²) < 4.78 is 33.3. The molecule has 0 spiro atoms. The van der Waals surface area contributed by atoms with E-state index in [4.69, 9.17) is 4.52 Å². The molecule has 0 aliphatic carbocycles. The molecule has 0 unspecified atom stereocenters. The minimum Gasteiger partial charge on any atom is -0.339 e. The predicted octanol–water partition coefficient (Wildman–Crippen LogP) is 4.33. The summed E-state index contributed by atoms with van der Waals surface area (Å²) in [7, 11) is -3.67. The standard InChI is InChI=1S/C23H28N4O4S2/c1-5-21-25-22(26-31-21)19-13-20(16(4)32-19)33(29,30)27-8-6-17(7-9-27)23(28)24-18-11-14(2)10-15(3)12-18/h10-13,17H,5-9H2,1-4H3,(H,24,28). The van der Waals surface area contributed by atoms with Crippen molar-refractivity contribution in [3.8, 4) is 10.7 Å². The Balaban J connectivity index is 1.43. The van der Waals surface area contributed by atoms with E-state index in [1.165, 1.54) is 15.6 Å². The Morgan fingerprint density at radius 1 is 1.15 bits per heavy atom. The maximum Gasteiger partial charge on any atom is 0.244 e. The van der Waals surface area contributed by atoms with Crippen LogP contribution in [0.25, 0.3) is 10.7 Å². The maximum atomic E-state index is 13.3. The van der Waals surface area contributed by atoms with Gasteiger partial charge in [0.25, 0.3) is 0 Å². The lowest BCUT2D eigenvalue weighted by Gasteiger charge is -2.30. The first-order valence-corrected chi connectivity index (χ1v) is 13.3. The van der Waals surface area contributed by atoms with Crippen LogP contribution in [0.4, 0.5) is 5.69 Å². The third-order valence-corrected chi connectivity index (χ3v) is 9.00. The number of piperidine rings is 1. The van der Waals surface area contributed by atoms with Gasteiger partial charge in [-0.1, -0.05) is 18.1 Å². The van der Waals surface area contributed by atoms with Gasteiger partial charge in [-0.2, -0.15) is 9.29 Å². The third-order valence-electron chi connectivity index (χ3n) is 5.79. The monoisotopic (exact) mass is 488 g/mol. The van der Waals surface area contributed by atoms with E-state index in [1.807, 2.05) is 32.9 Å². The van der Waals surface area contributed by atoms with Crippen molar-refractivity contribution in [3.63, 3.8) is 0 Å². The molecule has 0 saturated carbocycles. The molecule has 33 heavy (non-hydrogen) atoms. The minimum absolute atomic E-state index is 0.0603. The second-order valence-corrected chi connectivity index (χ2v) is 11.6. The quantitative estimate of drug-likeness (QED) is 0.554. The number of nitrogens with zero attached hydrogens (tertiary/aromatic N) is 3. The van der Waals surface area contributed by atoms with Gasteiger partial charge in [0.05, 0.1) is 9.77 Å². The fraction of sp³-hybridized carbons (Fsp3) is 0.435. The van der Waals surface area contributed by atoms with Crippen molar-refractivity contribution in [3.05, 3.63) is 46.2 Å². The summed E-state index contributed by atoms with van der Waals surface area (Å²) in [4.78, 5) is 18.7. The van der Waals surface area contributed by atoms with Crippen LogP contribution in [-0.4, -0.2) is 41.9 Å². The zero-order chi connectivity index (χ0) is 23.8. The second kappa shape index (κ2) is 9.36. The van der Waals surface area contributed by atoms with Crippen molar-refractivity contribution in [2.24, 2.45) is 5.92 Å². The minimum atomic E-state index is -3.67. The Hall–Kier alpha value is -2.56. The zero-order valence-electron chi connectivity index (χ0n) is 19.2. The van der Waals surface area contributed by atoms with Gasteiger partial charge < -0.3 is 9.84 Å². The van der Waals surface area contributed by atoms with Crippen LogP contribution in [0, 0.1) is 26.7 Å². The number of rotatable bonds is 6. The number of nitrogens with one attached hydrogen (secondary N) is 1. The van der Waals surface area contributed by atoms with Gasteiger partial charge in [-0.15, -0.1) is 11.3 Å². The Morgan fingerprint density at radius 3 is 2.42 bits per heavy atom. The van der Waals surface area contributed by atoms with Crippen molar-refractivity contribution < 1.29 is 17.7 Å². The first kappa shape index (κ1) is 23.6.